The third kappa shape index (κ3) is 3.00. The number of aryl methyl sites for hydroxylation is 2. The second kappa shape index (κ2) is 6.34. The molecule has 0 saturated carbocycles. The van der Waals surface area contributed by atoms with E-state index >= 15 is 0 Å². The number of carbonyl (C=O) groups excluding carboxylic acids is 1. The highest BCUT2D eigenvalue weighted by atomic mass is 32.1. The predicted octanol–water partition coefficient (Wildman–Crippen LogP) is 5.38. The molecule has 4 rings (SSSR count). The number of nitrogens with zero attached hydrogens (tertiary/aromatic N) is 2. The maximum atomic E-state index is 13.1. The number of halogens is 3. The van der Waals surface area contributed by atoms with Crippen molar-refractivity contribution in [2.75, 3.05) is 7.05 Å². The van der Waals surface area contributed by atoms with Crippen LogP contribution < -0.4 is 0 Å². The van der Waals surface area contributed by atoms with Crippen molar-refractivity contribution in [3.05, 3.63) is 63.7 Å². The standard InChI is InChI=1S/C20H17F3N2OS/c1-11-13-8-10-16(20(21,22)23)24-18(13)27-17(11)19(26)25(2)15-9-7-12-5-3-4-6-14(12)15/h3-6,8,10,15H,7,9H2,1-2H3/t15-/m1/s1. The number of fused-ring (bicyclic) bond motifs is 2. The van der Waals surface area contributed by atoms with E-state index in [4.69, 9.17) is 0 Å². The van der Waals surface area contributed by atoms with Gasteiger partial charge in [0.25, 0.3) is 5.91 Å². The molecular formula is C20H17F3N2OS. The van der Waals surface area contributed by atoms with Crippen LogP contribution in [0.25, 0.3) is 10.2 Å². The molecule has 0 bridgehead atoms. The molecular weight excluding hydrogens is 373 g/mol. The molecule has 3 nitrogen and oxygen atoms in total. The van der Waals surface area contributed by atoms with E-state index in [2.05, 4.69) is 11.1 Å². The van der Waals surface area contributed by atoms with Crippen molar-refractivity contribution in [2.45, 2.75) is 32.0 Å². The van der Waals surface area contributed by atoms with Gasteiger partial charge in [0, 0.05) is 12.4 Å². The number of aromatic nitrogens is 1. The number of rotatable bonds is 2. The number of alkyl halides is 3. The summed E-state index contributed by atoms with van der Waals surface area (Å²) in [7, 11) is 1.76. The minimum Gasteiger partial charge on any atom is -0.334 e. The average Bonchev–Trinajstić information content (AvgIpc) is 3.21. The molecule has 140 valence electrons. The first-order chi connectivity index (χ1) is 12.8. The highest BCUT2D eigenvalue weighted by Crippen LogP contribution is 2.38. The maximum absolute atomic E-state index is 13.1. The van der Waals surface area contributed by atoms with Gasteiger partial charge in [-0.1, -0.05) is 24.3 Å². The topological polar surface area (TPSA) is 33.2 Å². The van der Waals surface area contributed by atoms with Crippen molar-refractivity contribution in [1.29, 1.82) is 0 Å². The summed E-state index contributed by atoms with van der Waals surface area (Å²) >= 11 is 1.03. The third-order valence-corrected chi connectivity index (χ3v) is 6.37. The van der Waals surface area contributed by atoms with Crippen LogP contribution in [0, 0.1) is 6.92 Å². The van der Waals surface area contributed by atoms with E-state index in [9.17, 15) is 18.0 Å². The third-order valence-electron chi connectivity index (χ3n) is 5.18. The fraction of sp³-hybridized carbons (Fsp3) is 0.300. The Morgan fingerprint density at radius 1 is 1.22 bits per heavy atom. The zero-order valence-electron chi connectivity index (χ0n) is 14.8. The Bertz CT molecular complexity index is 1040. The molecule has 0 N–H and O–H groups in total. The lowest BCUT2D eigenvalue weighted by molar-refractivity contribution is -0.140. The normalized spacial score (nSPS) is 16.6. The molecule has 1 aromatic carbocycles. The number of hydrogen-bond acceptors (Lipinski definition) is 3. The minimum absolute atomic E-state index is 0.0167. The van der Waals surface area contributed by atoms with Crippen molar-refractivity contribution < 1.29 is 18.0 Å². The van der Waals surface area contributed by atoms with E-state index in [-0.39, 0.29) is 16.8 Å². The van der Waals surface area contributed by atoms with Crippen molar-refractivity contribution in [3.8, 4) is 0 Å². The second-order valence-corrected chi connectivity index (χ2v) is 7.77. The zero-order valence-corrected chi connectivity index (χ0v) is 15.6. The number of amides is 1. The molecule has 0 fully saturated rings. The fourth-order valence-corrected chi connectivity index (χ4v) is 4.86. The highest BCUT2D eigenvalue weighted by molar-refractivity contribution is 7.20. The van der Waals surface area contributed by atoms with Crippen molar-refractivity contribution in [1.82, 2.24) is 9.88 Å². The van der Waals surface area contributed by atoms with Crippen LogP contribution in [0.3, 0.4) is 0 Å². The fourth-order valence-electron chi connectivity index (χ4n) is 3.70. The molecule has 27 heavy (non-hydrogen) atoms. The summed E-state index contributed by atoms with van der Waals surface area (Å²) in [6, 6.07) is 10.4. The van der Waals surface area contributed by atoms with Crippen LogP contribution in [0.1, 0.15) is 44.5 Å². The van der Waals surface area contributed by atoms with Gasteiger partial charge in [-0.05, 0) is 48.6 Å². The summed E-state index contributed by atoms with van der Waals surface area (Å²) in [4.78, 5) is 19.2. The molecule has 1 amide bonds. The molecule has 1 atom stereocenters. The van der Waals surface area contributed by atoms with Gasteiger partial charge in [-0.2, -0.15) is 13.2 Å². The van der Waals surface area contributed by atoms with Crippen LogP contribution >= 0.6 is 11.3 Å². The summed E-state index contributed by atoms with van der Waals surface area (Å²) in [5.74, 6) is -0.175. The average molecular weight is 390 g/mol. The quantitative estimate of drug-likeness (QED) is 0.588. The van der Waals surface area contributed by atoms with Gasteiger partial charge in [0.05, 0.1) is 10.9 Å². The van der Waals surface area contributed by atoms with Gasteiger partial charge in [0.2, 0.25) is 0 Å². The number of hydrogen-bond donors (Lipinski definition) is 0. The first kappa shape index (κ1) is 18.0. The van der Waals surface area contributed by atoms with Crippen LogP contribution in [-0.2, 0) is 12.6 Å². The zero-order chi connectivity index (χ0) is 19.3. The smallest absolute Gasteiger partial charge is 0.334 e. The first-order valence-corrected chi connectivity index (χ1v) is 9.41. The van der Waals surface area contributed by atoms with Gasteiger partial charge in [0.15, 0.2) is 0 Å². The molecule has 0 unspecified atom stereocenters. The summed E-state index contributed by atoms with van der Waals surface area (Å²) < 4.78 is 38.8. The van der Waals surface area contributed by atoms with E-state index in [0.29, 0.717) is 15.8 Å². The second-order valence-electron chi connectivity index (χ2n) is 6.77. The Kier molecular flexibility index (Phi) is 4.22. The van der Waals surface area contributed by atoms with Crippen LogP contribution in [0.15, 0.2) is 36.4 Å². The van der Waals surface area contributed by atoms with Gasteiger partial charge in [-0.3, -0.25) is 4.79 Å². The Hall–Kier alpha value is -2.41. The van der Waals surface area contributed by atoms with Gasteiger partial charge in [-0.15, -0.1) is 11.3 Å². The van der Waals surface area contributed by atoms with E-state index in [0.717, 1.165) is 35.8 Å². The lowest BCUT2D eigenvalue weighted by atomic mass is 10.1. The lowest BCUT2D eigenvalue weighted by Gasteiger charge is -2.25. The monoisotopic (exact) mass is 390 g/mol. The number of pyridine rings is 1. The molecule has 2 aromatic heterocycles. The highest BCUT2D eigenvalue weighted by Gasteiger charge is 2.34. The SMILES string of the molecule is Cc1c(C(=O)N(C)[C@@H]2CCc3ccccc32)sc2nc(C(F)(F)F)ccc12. The van der Waals surface area contributed by atoms with Crippen molar-refractivity contribution in [2.24, 2.45) is 0 Å². The van der Waals surface area contributed by atoms with Crippen LogP contribution in [0.5, 0.6) is 0 Å². The van der Waals surface area contributed by atoms with Gasteiger partial charge in [0.1, 0.15) is 10.5 Å². The molecule has 0 saturated heterocycles. The van der Waals surface area contributed by atoms with Gasteiger partial charge in [-0.25, -0.2) is 4.98 Å². The van der Waals surface area contributed by atoms with Crippen LogP contribution in [-0.4, -0.2) is 22.8 Å². The Morgan fingerprint density at radius 3 is 2.70 bits per heavy atom. The Labute approximate surface area is 158 Å². The van der Waals surface area contributed by atoms with Crippen molar-refractivity contribution in [3.63, 3.8) is 0 Å². The van der Waals surface area contributed by atoms with E-state index in [1.54, 1.807) is 18.9 Å². The lowest BCUT2D eigenvalue weighted by Crippen LogP contribution is -2.29. The molecule has 2 heterocycles. The Morgan fingerprint density at radius 2 is 1.96 bits per heavy atom. The largest absolute Gasteiger partial charge is 0.433 e. The number of carbonyl (C=O) groups is 1. The summed E-state index contributed by atoms with van der Waals surface area (Å²) in [6.45, 7) is 1.76. The molecule has 0 aliphatic heterocycles. The summed E-state index contributed by atoms with van der Waals surface area (Å²) in [6.07, 6.45) is -2.73. The van der Waals surface area contributed by atoms with Gasteiger partial charge >= 0.3 is 6.18 Å². The maximum Gasteiger partial charge on any atom is 0.433 e. The summed E-state index contributed by atoms with van der Waals surface area (Å²) in [5, 5.41) is 0.594. The van der Waals surface area contributed by atoms with E-state index < -0.39 is 11.9 Å². The van der Waals surface area contributed by atoms with Gasteiger partial charge < -0.3 is 4.90 Å². The van der Waals surface area contributed by atoms with E-state index in [1.807, 2.05) is 18.2 Å². The van der Waals surface area contributed by atoms with Crippen molar-refractivity contribution >= 4 is 27.5 Å². The number of thiophene rings is 1. The molecule has 0 spiro atoms. The predicted molar refractivity (Wildman–Crippen MR) is 99.0 cm³/mol. The first-order valence-electron chi connectivity index (χ1n) is 8.59. The molecule has 1 aliphatic rings. The number of benzene rings is 1. The molecule has 0 radical (unpaired) electrons. The summed E-state index contributed by atoms with van der Waals surface area (Å²) in [5.41, 5.74) is 2.13. The van der Waals surface area contributed by atoms with Crippen LogP contribution in [0.2, 0.25) is 0 Å². The molecule has 1 aliphatic carbocycles. The Balaban J connectivity index is 1.70. The van der Waals surface area contributed by atoms with Crippen LogP contribution in [0.4, 0.5) is 13.2 Å². The van der Waals surface area contributed by atoms with E-state index in [1.165, 1.54) is 11.6 Å². The molecule has 3 aromatic rings. The minimum atomic E-state index is -4.50. The molecule has 7 heteroatoms.